The second-order valence-electron chi connectivity index (χ2n) is 4.92. The highest BCUT2D eigenvalue weighted by molar-refractivity contribution is 7.87. The molecule has 0 heterocycles. The van der Waals surface area contributed by atoms with E-state index in [1.54, 1.807) is 18.2 Å². The van der Waals surface area contributed by atoms with Gasteiger partial charge in [0.2, 0.25) is 0 Å². The zero-order valence-corrected chi connectivity index (χ0v) is 13.6. The fourth-order valence-electron chi connectivity index (χ4n) is 2.24. The zero-order chi connectivity index (χ0) is 17.3. The summed E-state index contributed by atoms with van der Waals surface area (Å²) in [7, 11) is -4.37. The Bertz CT molecular complexity index is 1050. The van der Waals surface area contributed by atoms with E-state index in [9.17, 15) is 18.5 Å². The van der Waals surface area contributed by atoms with Crippen LogP contribution in [-0.4, -0.2) is 13.3 Å². The Morgan fingerprint density at radius 2 is 1.67 bits per heavy atom. The molecule has 0 aliphatic rings. The predicted molar refractivity (Wildman–Crippen MR) is 89.9 cm³/mol. The molecule has 0 atom stereocenters. The minimum atomic E-state index is -4.37. The van der Waals surface area contributed by atoms with Crippen LogP contribution in [0.15, 0.2) is 65.6 Å². The first kappa shape index (κ1) is 16.2. The van der Waals surface area contributed by atoms with Crippen molar-refractivity contribution in [1.82, 2.24) is 0 Å². The number of fused-ring (bicyclic) bond motifs is 1. The third kappa shape index (κ3) is 3.17. The third-order valence-electron chi connectivity index (χ3n) is 3.31. The van der Waals surface area contributed by atoms with E-state index in [-0.39, 0.29) is 10.8 Å². The molecule has 8 heteroatoms. The molecule has 3 rings (SSSR count). The van der Waals surface area contributed by atoms with Gasteiger partial charge in [0.15, 0.2) is 4.90 Å². The highest BCUT2D eigenvalue weighted by Gasteiger charge is 2.28. The van der Waals surface area contributed by atoms with Gasteiger partial charge in [-0.15, -0.1) is 0 Å². The van der Waals surface area contributed by atoms with Gasteiger partial charge in [0, 0.05) is 11.1 Å². The summed E-state index contributed by atoms with van der Waals surface area (Å²) in [5.41, 5.74) is -0.636. The Balaban J connectivity index is 2.03. The van der Waals surface area contributed by atoms with Crippen molar-refractivity contribution in [1.29, 1.82) is 0 Å². The molecule has 0 N–H and O–H groups in total. The van der Waals surface area contributed by atoms with Crippen LogP contribution in [0.1, 0.15) is 0 Å². The molecule has 0 saturated heterocycles. The second-order valence-corrected chi connectivity index (χ2v) is 6.87. The van der Waals surface area contributed by atoms with Crippen molar-refractivity contribution in [2.24, 2.45) is 0 Å². The Kier molecular flexibility index (Phi) is 4.13. The quantitative estimate of drug-likeness (QED) is 0.394. The van der Waals surface area contributed by atoms with E-state index in [0.29, 0.717) is 0 Å². The number of nitro benzene ring substituents is 1. The van der Waals surface area contributed by atoms with Crippen molar-refractivity contribution in [3.05, 3.63) is 75.8 Å². The smallest absolute Gasteiger partial charge is 0.346 e. The summed E-state index contributed by atoms with van der Waals surface area (Å²) < 4.78 is 29.9. The molecule has 24 heavy (non-hydrogen) atoms. The van der Waals surface area contributed by atoms with Gasteiger partial charge in [0.05, 0.1) is 4.92 Å². The normalized spacial score (nSPS) is 11.4. The molecule has 0 aliphatic heterocycles. The molecule has 0 aromatic heterocycles. The average molecular weight is 364 g/mol. The number of benzene rings is 3. The molecule has 0 saturated carbocycles. The predicted octanol–water partition coefficient (Wildman–Crippen LogP) is 4.17. The summed E-state index contributed by atoms with van der Waals surface area (Å²) in [5.74, 6) is 0.0675. The molecular formula is C16H10ClNO5S. The summed E-state index contributed by atoms with van der Waals surface area (Å²) in [6.45, 7) is 0. The summed E-state index contributed by atoms with van der Waals surface area (Å²) in [5, 5.41) is 12.8. The van der Waals surface area contributed by atoms with Crippen LogP contribution < -0.4 is 4.18 Å². The van der Waals surface area contributed by atoms with Crippen LogP contribution in [0.2, 0.25) is 5.02 Å². The van der Waals surface area contributed by atoms with E-state index in [0.717, 1.165) is 22.9 Å². The largest absolute Gasteiger partial charge is 0.379 e. The van der Waals surface area contributed by atoms with Gasteiger partial charge in [0.25, 0.3) is 5.69 Å². The molecule has 3 aromatic rings. The van der Waals surface area contributed by atoms with Crippen LogP contribution in [0.25, 0.3) is 10.8 Å². The van der Waals surface area contributed by atoms with Crippen LogP contribution >= 0.6 is 11.6 Å². The molecule has 0 unspecified atom stereocenters. The molecule has 0 spiro atoms. The van der Waals surface area contributed by atoms with Gasteiger partial charge in [-0.2, -0.15) is 8.42 Å². The summed E-state index contributed by atoms with van der Waals surface area (Å²) in [4.78, 5) is 9.71. The van der Waals surface area contributed by atoms with E-state index >= 15 is 0 Å². The van der Waals surface area contributed by atoms with Gasteiger partial charge in [0.1, 0.15) is 5.75 Å². The van der Waals surface area contributed by atoms with Crippen LogP contribution in [0, 0.1) is 10.1 Å². The molecule has 0 amide bonds. The highest BCUT2D eigenvalue weighted by Crippen LogP contribution is 2.30. The highest BCUT2D eigenvalue weighted by atomic mass is 35.5. The molecule has 6 nitrogen and oxygen atoms in total. The summed E-state index contributed by atoms with van der Waals surface area (Å²) >= 11 is 5.70. The van der Waals surface area contributed by atoms with Crippen molar-refractivity contribution in [3.8, 4) is 5.75 Å². The lowest BCUT2D eigenvalue weighted by molar-refractivity contribution is -0.387. The third-order valence-corrected chi connectivity index (χ3v) is 4.84. The van der Waals surface area contributed by atoms with Gasteiger partial charge in [-0.1, -0.05) is 41.9 Å². The fourth-order valence-corrected chi connectivity index (χ4v) is 3.47. The minimum Gasteiger partial charge on any atom is -0.379 e. The first-order valence-corrected chi connectivity index (χ1v) is 8.53. The molecular weight excluding hydrogens is 354 g/mol. The van der Waals surface area contributed by atoms with E-state index in [4.69, 9.17) is 15.8 Å². The lowest BCUT2D eigenvalue weighted by Gasteiger charge is -2.08. The monoisotopic (exact) mass is 363 g/mol. The number of hydrogen-bond donors (Lipinski definition) is 0. The molecule has 3 aromatic carbocycles. The van der Waals surface area contributed by atoms with Crippen LogP contribution in [0.4, 0.5) is 5.69 Å². The van der Waals surface area contributed by atoms with Gasteiger partial charge in [-0.25, -0.2) is 0 Å². The fraction of sp³-hybridized carbons (Fsp3) is 0. The Morgan fingerprint density at radius 1 is 0.958 bits per heavy atom. The van der Waals surface area contributed by atoms with Crippen LogP contribution in [-0.2, 0) is 10.1 Å². The number of rotatable bonds is 4. The maximum absolute atomic E-state index is 12.4. The van der Waals surface area contributed by atoms with Gasteiger partial charge in [-0.05, 0) is 35.0 Å². The van der Waals surface area contributed by atoms with Crippen molar-refractivity contribution in [2.45, 2.75) is 4.90 Å². The molecule has 0 radical (unpaired) electrons. The topological polar surface area (TPSA) is 86.5 Å². The standard InChI is InChI=1S/C16H10ClNO5S/c17-13-6-8-16(15(10-13)18(19)20)24(21,22)23-14-7-5-11-3-1-2-4-12(11)9-14/h1-10H. The number of hydrogen-bond acceptors (Lipinski definition) is 5. The molecule has 0 aliphatic carbocycles. The van der Waals surface area contributed by atoms with Gasteiger partial charge in [-0.3, -0.25) is 10.1 Å². The van der Waals surface area contributed by atoms with Crippen molar-refractivity contribution in [2.75, 3.05) is 0 Å². The Hall–Kier alpha value is -2.64. The van der Waals surface area contributed by atoms with Crippen LogP contribution in [0.3, 0.4) is 0 Å². The van der Waals surface area contributed by atoms with E-state index in [2.05, 4.69) is 0 Å². The van der Waals surface area contributed by atoms with E-state index in [1.807, 2.05) is 18.2 Å². The average Bonchev–Trinajstić information content (AvgIpc) is 2.54. The van der Waals surface area contributed by atoms with Crippen molar-refractivity contribution >= 4 is 38.2 Å². The summed E-state index contributed by atoms with van der Waals surface area (Å²) in [6, 6.07) is 15.4. The zero-order valence-electron chi connectivity index (χ0n) is 12.0. The Morgan fingerprint density at radius 3 is 2.38 bits per heavy atom. The van der Waals surface area contributed by atoms with Gasteiger partial charge >= 0.3 is 10.1 Å². The molecule has 0 fully saturated rings. The van der Waals surface area contributed by atoms with E-state index < -0.39 is 25.6 Å². The number of nitro groups is 1. The first-order valence-electron chi connectivity index (χ1n) is 6.74. The molecule has 122 valence electrons. The maximum atomic E-state index is 12.4. The molecule has 0 bridgehead atoms. The SMILES string of the molecule is O=[N+]([O-])c1cc(Cl)ccc1S(=O)(=O)Oc1ccc2ccccc2c1. The summed E-state index contributed by atoms with van der Waals surface area (Å²) in [6.07, 6.45) is 0. The van der Waals surface area contributed by atoms with Crippen molar-refractivity contribution < 1.29 is 17.5 Å². The number of nitrogens with zero attached hydrogens (tertiary/aromatic N) is 1. The lowest BCUT2D eigenvalue weighted by Crippen LogP contribution is -2.12. The van der Waals surface area contributed by atoms with Crippen molar-refractivity contribution in [3.63, 3.8) is 0 Å². The first-order chi connectivity index (χ1) is 11.4. The minimum absolute atomic E-state index is 0.0614. The van der Waals surface area contributed by atoms with Crippen LogP contribution in [0.5, 0.6) is 5.75 Å². The van der Waals surface area contributed by atoms with E-state index in [1.165, 1.54) is 12.1 Å². The lowest BCUT2D eigenvalue weighted by atomic mass is 10.1. The maximum Gasteiger partial charge on any atom is 0.346 e. The van der Waals surface area contributed by atoms with Gasteiger partial charge < -0.3 is 4.18 Å². The Labute approximate surface area is 142 Å². The second kappa shape index (κ2) is 6.10. The number of halogens is 1.